The molecule has 2 fully saturated rings. The van der Waals surface area contributed by atoms with Crippen LogP contribution in [-0.2, 0) is 0 Å². The Bertz CT molecular complexity index is 149. The van der Waals surface area contributed by atoms with Gasteiger partial charge in [-0.25, -0.2) is 0 Å². The van der Waals surface area contributed by atoms with E-state index in [1.807, 2.05) is 6.92 Å². The van der Waals surface area contributed by atoms with Gasteiger partial charge >= 0.3 is 0 Å². The van der Waals surface area contributed by atoms with Crippen molar-refractivity contribution in [2.24, 2.45) is 11.8 Å². The molecule has 2 aliphatic heterocycles. The van der Waals surface area contributed by atoms with Crippen molar-refractivity contribution in [3.8, 4) is 0 Å². The molecule has 2 N–H and O–H groups in total. The number of aliphatic hydroxyl groups excluding tert-OH is 1. The number of β-amino-alcohol motifs (C(OH)–C–C–N with tert-alkyl or cyclic N) is 1. The third-order valence-corrected chi connectivity index (χ3v) is 2.99. The summed E-state index contributed by atoms with van der Waals surface area (Å²) in [6.45, 7) is 7.45. The molecule has 0 aromatic heterocycles. The quantitative estimate of drug-likeness (QED) is 0.587. The van der Waals surface area contributed by atoms with E-state index in [9.17, 15) is 5.11 Å². The van der Waals surface area contributed by atoms with Crippen molar-refractivity contribution >= 4 is 0 Å². The first-order valence-electron chi connectivity index (χ1n) is 4.87. The summed E-state index contributed by atoms with van der Waals surface area (Å²) in [5.41, 5.74) is 0. The first-order valence-corrected chi connectivity index (χ1v) is 4.87. The Morgan fingerprint density at radius 3 is 2.50 bits per heavy atom. The molecule has 0 aromatic rings. The van der Waals surface area contributed by atoms with E-state index in [1.165, 1.54) is 26.2 Å². The van der Waals surface area contributed by atoms with Gasteiger partial charge in [0.25, 0.3) is 0 Å². The number of nitrogens with one attached hydrogen (secondary N) is 1. The van der Waals surface area contributed by atoms with Crippen LogP contribution < -0.4 is 5.32 Å². The van der Waals surface area contributed by atoms with Crippen LogP contribution in [0.15, 0.2) is 0 Å². The third kappa shape index (κ3) is 1.63. The Balaban J connectivity index is 1.82. The fraction of sp³-hybridized carbons (Fsp3) is 1.00. The van der Waals surface area contributed by atoms with Gasteiger partial charge in [0, 0.05) is 19.6 Å². The van der Waals surface area contributed by atoms with Gasteiger partial charge in [-0.2, -0.15) is 0 Å². The molecule has 0 radical (unpaired) electrons. The van der Waals surface area contributed by atoms with E-state index in [4.69, 9.17) is 0 Å². The smallest absolute Gasteiger partial charge is 0.0639 e. The molecule has 0 aliphatic carbocycles. The molecule has 0 aromatic carbocycles. The first-order chi connectivity index (χ1) is 5.75. The fourth-order valence-electron chi connectivity index (χ4n) is 2.48. The summed E-state index contributed by atoms with van der Waals surface area (Å²) in [5, 5.41) is 12.6. The number of hydrogen-bond acceptors (Lipinski definition) is 3. The Hall–Kier alpha value is -0.120. The molecule has 2 unspecified atom stereocenters. The predicted octanol–water partition coefficient (Wildman–Crippen LogP) is -0.482. The van der Waals surface area contributed by atoms with Crippen molar-refractivity contribution in [1.82, 2.24) is 10.2 Å². The van der Waals surface area contributed by atoms with E-state index in [-0.39, 0.29) is 6.10 Å². The van der Waals surface area contributed by atoms with E-state index >= 15 is 0 Å². The lowest BCUT2D eigenvalue weighted by Crippen LogP contribution is -2.31. The molecule has 2 saturated heterocycles. The number of hydrogen-bond donors (Lipinski definition) is 2. The topological polar surface area (TPSA) is 35.5 Å². The van der Waals surface area contributed by atoms with Gasteiger partial charge in [-0.3, -0.25) is 0 Å². The van der Waals surface area contributed by atoms with Crippen molar-refractivity contribution in [3.63, 3.8) is 0 Å². The predicted molar refractivity (Wildman–Crippen MR) is 48.0 cm³/mol. The maximum absolute atomic E-state index is 9.22. The fourth-order valence-corrected chi connectivity index (χ4v) is 2.48. The Morgan fingerprint density at radius 2 is 2.00 bits per heavy atom. The van der Waals surface area contributed by atoms with Crippen LogP contribution in [0.1, 0.15) is 6.92 Å². The highest BCUT2D eigenvalue weighted by molar-refractivity contribution is 4.91. The molecule has 12 heavy (non-hydrogen) atoms. The standard InChI is InChI=1S/C9H18N2O/c1-7(12)4-11-5-8-2-10-3-9(8)6-11/h7-10,12H,2-6H2,1H3/t7-,8?,9?/m0/s1. The molecule has 0 bridgehead atoms. The lowest BCUT2D eigenvalue weighted by Gasteiger charge is -2.18. The van der Waals surface area contributed by atoms with Gasteiger partial charge in [0.05, 0.1) is 6.10 Å². The monoisotopic (exact) mass is 170 g/mol. The summed E-state index contributed by atoms with van der Waals surface area (Å²) in [7, 11) is 0. The van der Waals surface area contributed by atoms with Crippen LogP contribution in [-0.4, -0.2) is 48.8 Å². The second kappa shape index (κ2) is 3.32. The van der Waals surface area contributed by atoms with Crippen LogP contribution in [0.4, 0.5) is 0 Å². The molecule has 2 rings (SSSR count). The summed E-state index contributed by atoms with van der Waals surface area (Å²) in [5.74, 6) is 1.70. The Morgan fingerprint density at radius 1 is 1.42 bits per heavy atom. The van der Waals surface area contributed by atoms with Crippen LogP contribution in [0.3, 0.4) is 0 Å². The summed E-state index contributed by atoms with van der Waals surface area (Å²) >= 11 is 0. The van der Waals surface area contributed by atoms with Gasteiger partial charge in [-0.05, 0) is 31.8 Å². The van der Waals surface area contributed by atoms with E-state index < -0.39 is 0 Å². The van der Waals surface area contributed by atoms with Crippen LogP contribution in [0, 0.1) is 11.8 Å². The second-order valence-electron chi connectivity index (χ2n) is 4.25. The molecule has 3 nitrogen and oxygen atoms in total. The van der Waals surface area contributed by atoms with Crippen molar-refractivity contribution in [3.05, 3.63) is 0 Å². The second-order valence-corrected chi connectivity index (χ2v) is 4.25. The summed E-state index contributed by atoms with van der Waals surface area (Å²) in [6, 6.07) is 0. The maximum atomic E-state index is 9.22. The van der Waals surface area contributed by atoms with E-state index in [2.05, 4.69) is 10.2 Å². The number of fused-ring (bicyclic) bond motifs is 1. The van der Waals surface area contributed by atoms with Crippen LogP contribution >= 0.6 is 0 Å². The maximum Gasteiger partial charge on any atom is 0.0639 e. The zero-order chi connectivity index (χ0) is 8.55. The molecule has 0 amide bonds. The Kier molecular flexibility index (Phi) is 2.35. The number of rotatable bonds is 2. The van der Waals surface area contributed by atoms with Crippen LogP contribution in [0.2, 0.25) is 0 Å². The van der Waals surface area contributed by atoms with Gasteiger partial charge in [-0.1, -0.05) is 0 Å². The minimum absolute atomic E-state index is 0.170. The van der Waals surface area contributed by atoms with Crippen molar-refractivity contribution in [2.75, 3.05) is 32.7 Å². The molecule has 3 atom stereocenters. The zero-order valence-electron chi connectivity index (χ0n) is 7.66. The zero-order valence-corrected chi connectivity index (χ0v) is 7.66. The van der Waals surface area contributed by atoms with Crippen LogP contribution in [0.25, 0.3) is 0 Å². The lowest BCUT2D eigenvalue weighted by atomic mass is 10.0. The molecule has 70 valence electrons. The van der Waals surface area contributed by atoms with Gasteiger partial charge < -0.3 is 15.3 Å². The van der Waals surface area contributed by atoms with Gasteiger partial charge in [0.1, 0.15) is 0 Å². The number of nitrogens with zero attached hydrogens (tertiary/aromatic N) is 1. The highest BCUT2D eigenvalue weighted by Crippen LogP contribution is 2.25. The largest absolute Gasteiger partial charge is 0.392 e. The van der Waals surface area contributed by atoms with Crippen molar-refractivity contribution in [1.29, 1.82) is 0 Å². The number of aliphatic hydroxyl groups is 1. The molecular weight excluding hydrogens is 152 g/mol. The minimum atomic E-state index is -0.170. The Labute approximate surface area is 73.8 Å². The normalized spacial score (nSPS) is 38.5. The van der Waals surface area contributed by atoms with E-state index in [1.54, 1.807) is 0 Å². The van der Waals surface area contributed by atoms with Crippen molar-refractivity contribution in [2.45, 2.75) is 13.0 Å². The van der Waals surface area contributed by atoms with Gasteiger partial charge in [0.15, 0.2) is 0 Å². The first kappa shape index (κ1) is 8.48. The van der Waals surface area contributed by atoms with E-state index in [0.29, 0.717) is 0 Å². The minimum Gasteiger partial charge on any atom is -0.392 e. The highest BCUT2D eigenvalue weighted by Gasteiger charge is 2.35. The van der Waals surface area contributed by atoms with Gasteiger partial charge in [0.2, 0.25) is 0 Å². The summed E-state index contributed by atoms with van der Waals surface area (Å²) in [4.78, 5) is 2.39. The lowest BCUT2D eigenvalue weighted by molar-refractivity contribution is 0.136. The SMILES string of the molecule is C[C@H](O)CN1CC2CNCC2C1. The summed E-state index contributed by atoms with van der Waals surface area (Å²) < 4.78 is 0. The van der Waals surface area contributed by atoms with Crippen LogP contribution in [0.5, 0.6) is 0 Å². The van der Waals surface area contributed by atoms with Crippen molar-refractivity contribution < 1.29 is 5.11 Å². The molecule has 3 heteroatoms. The third-order valence-electron chi connectivity index (χ3n) is 2.99. The summed E-state index contributed by atoms with van der Waals surface area (Å²) in [6.07, 6.45) is -0.170. The number of likely N-dealkylation sites (tertiary alicyclic amines) is 1. The average Bonchev–Trinajstić information content (AvgIpc) is 2.43. The molecule has 2 heterocycles. The molecular formula is C9H18N2O. The van der Waals surface area contributed by atoms with E-state index in [0.717, 1.165) is 18.4 Å². The molecule has 0 spiro atoms. The molecule has 0 saturated carbocycles. The average molecular weight is 170 g/mol. The van der Waals surface area contributed by atoms with Gasteiger partial charge in [-0.15, -0.1) is 0 Å². The molecule has 2 aliphatic rings. The highest BCUT2D eigenvalue weighted by atomic mass is 16.3.